The van der Waals surface area contributed by atoms with E-state index in [1.54, 1.807) is 24.3 Å². The van der Waals surface area contributed by atoms with E-state index in [0.29, 0.717) is 21.3 Å². The molecule has 2 heterocycles. The molecule has 4 aromatic rings. The van der Waals surface area contributed by atoms with Crippen LogP contribution in [0.25, 0.3) is 16.9 Å². The molecular formula is C22H18Cl2N6O. The molecule has 7 nitrogen and oxygen atoms in total. The summed E-state index contributed by atoms with van der Waals surface area (Å²) in [6.45, 7) is 3.88. The fourth-order valence-corrected chi connectivity index (χ4v) is 3.74. The van der Waals surface area contributed by atoms with E-state index in [4.69, 9.17) is 23.2 Å². The molecule has 1 amide bonds. The Morgan fingerprint density at radius 1 is 1.10 bits per heavy atom. The zero-order valence-corrected chi connectivity index (χ0v) is 18.2. The van der Waals surface area contributed by atoms with Crippen LogP contribution in [0.1, 0.15) is 27.4 Å². The molecule has 0 aliphatic carbocycles. The molecule has 0 saturated heterocycles. The summed E-state index contributed by atoms with van der Waals surface area (Å²) in [6.07, 6.45) is 1.40. The van der Waals surface area contributed by atoms with Crippen molar-refractivity contribution in [2.45, 2.75) is 13.8 Å². The lowest BCUT2D eigenvalue weighted by atomic mass is 10.1. The third-order valence-corrected chi connectivity index (χ3v) is 5.39. The highest BCUT2D eigenvalue weighted by Crippen LogP contribution is 2.27. The number of H-pyrrole nitrogens is 1. The first-order valence-corrected chi connectivity index (χ1v) is 10.2. The van der Waals surface area contributed by atoms with Crippen LogP contribution >= 0.6 is 23.2 Å². The number of rotatable bonds is 5. The van der Waals surface area contributed by atoms with Gasteiger partial charge in [-0.2, -0.15) is 15.3 Å². The minimum Gasteiger partial charge on any atom is -0.272 e. The molecule has 0 fully saturated rings. The van der Waals surface area contributed by atoms with E-state index in [0.717, 1.165) is 22.6 Å². The maximum absolute atomic E-state index is 12.5. The molecule has 31 heavy (non-hydrogen) atoms. The number of hydrogen-bond donors (Lipinski definition) is 2. The van der Waals surface area contributed by atoms with Gasteiger partial charge >= 0.3 is 0 Å². The summed E-state index contributed by atoms with van der Waals surface area (Å²) in [7, 11) is 0. The number of para-hydroxylation sites is 1. The van der Waals surface area contributed by atoms with Crippen molar-refractivity contribution in [2.75, 3.05) is 0 Å². The van der Waals surface area contributed by atoms with Gasteiger partial charge in [-0.25, -0.2) is 10.1 Å². The molecule has 2 aromatic heterocycles. The molecular weight excluding hydrogens is 435 g/mol. The summed E-state index contributed by atoms with van der Waals surface area (Å²) in [4.78, 5) is 12.5. The maximum atomic E-state index is 12.5. The Kier molecular flexibility index (Phi) is 5.88. The summed E-state index contributed by atoms with van der Waals surface area (Å²) in [5.41, 5.74) is 7.42. The van der Waals surface area contributed by atoms with Gasteiger partial charge in [0.2, 0.25) is 0 Å². The number of benzene rings is 2. The molecule has 0 atom stereocenters. The van der Waals surface area contributed by atoms with Crippen LogP contribution in [-0.4, -0.2) is 32.1 Å². The van der Waals surface area contributed by atoms with Crippen LogP contribution in [0.3, 0.4) is 0 Å². The Labute approximate surface area is 188 Å². The zero-order valence-electron chi connectivity index (χ0n) is 16.7. The normalized spacial score (nSPS) is 11.2. The van der Waals surface area contributed by atoms with E-state index < -0.39 is 5.91 Å². The van der Waals surface area contributed by atoms with Crippen LogP contribution in [0.15, 0.2) is 59.7 Å². The summed E-state index contributed by atoms with van der Waals surface area (Å²) >= 11 is 12.2. The second-order valence-electron chi connectivity index (χ2n) is 6.79. The number of hydrazone groups is 1. The minimum atomic E-state index is -0.441. The number of hydrogen-bond acceptors (Lipinski definition) is 4. The summed E-state index contributed by atoms with van der Waals surface area (Å²) in [6, 6.07) is 16.6. The zero-order chi connectivity index (χ0) is 22.0. The van der Waals surface area contributed by atoms with E-state index in [2.05, 4.69) is 25.8 Å². The van der Waals surface area contributed by atoms with Crippen molar-refractivity contribution in [2.24, 2.45) is 5.10 Å². The SMILES string of the molecule is Cc1nn(-c2ccccc2)c(C)c1-c1cc(C(=O)NN=Cc2c(Cl)cccc2Cl)[nH]n1. The first-order chi connectivity index (χ1) is 15.0. The number of halogens is 2. The maximum Gasteiger partial charge on any atom is 0.289 e. The largest absolute Gasteiger partial charge is 0.289 e. The van der Waals surface area contributed by atoms with Crippen LogP contribution in [-0.2, 0) is 0 Å². The smallest absolute Gasteiger partial charge is 0.272 e. The molecule has 0 aliphatic heterocycles. The lowest BCUT2D eigenvalue weighted by Crippen LogP contribution is -2.18. The molecule has 0 radical (unpaired) electrons. The van der Waals surface area contributed by atoms with E-state index in [-0.39, 0.29) is 5.69 Å². The third-order valence-electron chi connectivity index (χ3n) is 4.73. The number of amides is 1. The van der Waals surface area contributed by atoms with Crippen molar-refractivity contribution in [3.8, 4) is 16.9 Å². The highest BCUT2D eigenvalue weighted by Gasteiger charge is 2.18. The number of aryl methyl sites for hydroxylation is 1. The number of carbonyl (C=O) groups is 1. The number of nitrogens with one attached hydrogen (secondary N) is 2. The van der Waals surface area contributed by atoms with Crippen LogP contribution in [0.2, 0.25) is 10.0 Å². The van der Waals surface area contributed by atoms with Crippen molar-refractivity contribution in [3.05, 3.63) is 87.3 Å². The molecule has 9 heteroatoms. The Hall–Kier alpha value is -3.42. The monoisotopic (exact) mass is 452 g/mol. The van der Waals surface area contributed by atoms with Crippen molar-refractivity contribution >= 4 is 35.3 Å². The Balaban J connectivity index is 1.54. The van der Waals surface area contributed by atoms with Crippen LogP contribution in [0, 0.1) is 13.8 Å². The Bertz CT molecular complexity index is 1260. The van der Waals surface area contributed by atoms with Gasteiger partial charge in [-0.05, 0) is 44.2 Å². The lowest BCUT2D eigenvalue weighted by molar-refractivity contribution is 0.0950. The standard InChI is InChI=1S/C22H18Cl2N6O/c1-13-21(14(2)30(29-13)15-7-4-3-5-8-15)19-11-20(27-26-19)22(31)28-25-12-16-17(23)9-6-10-18(16)24/h3-12H,1-2H3,(H,26,27)(H,28,31). The molecule has 0 bridgehead atoms. The number of nitrogens with zero attached hydrogens (tertiary/aromatic N) is 4. The van der Waals surface area contributed by atoms with Gasteiger partial charge in [0.25, 0.3) is 5.91 Å². The predicted octanol–water partition coefficient (Wildman–Crippen LogP) is 4.95. The molecule has 0 aliphatic rings. The number of carbonyl (C=O) groups excluding carboxylic acids is 1. The van der Waals surface area contributed by atoms with E-state index >= 15 is 0 Å². The molecule has 2 N–H and O–H groups in total. The molecule has 0 saturated carbocycles. The van der Waals surface area contributed by atoms with E-state index in [1.165, 1.54) is 6.21 Å². The predicted molar refractivity (Wildman–Crippen MR) is 122 cm³/mol. The van der Waals surface area contributed by atoms with Gasteiger partial charge in [0.1, 0.15) is 5.69 Å². The number of aromatic amines is 1. The second-order valence-corrected chi connectivity index (χ2v) is 7.61. The van der Waals surface area contributed by atoms with Gasteiger partial charge in [0.05, 0.1) is 39.0 Å². The first-order valence-electron chi connectivity index (χ1n) is 9.40. The highest BCUT2D eigenvalue weighted by atomic mass is 35.5. The molecule has 0 unspecified atom stereocenters. The minimum absolute atomic E-state index is 0.267. The van der Waals surface area contributed by atoms with E-state index in [1.807, 2.05) is 48.9 Å². The number of aromatic nitrogens is 4. The molecule has 2 aromatic carbocycles. The van der Waals surface area contributed by atoms with Crippen molar-refractivity contribution in [3.63, 3.8) is 0 Å². The topological polar surface area (TPSA) is 88.0 Å². The fraction of sp³-hybridized carbons (Fsp3) is 0.0909. The van der Waals surface area contributed by atoms with Gasteiger partial charge in [-0.1, -0.05) is 47.5 Å². The van der Waals surface area contributed by atoms with Gasteiger partial charge < -0.3 is 0 Å². The molecule has 4 rings (SSSR count). The first kappa shape index (κ1) is 20.8. The van der Waals surface area contributed by atoms with E-state index in [9.17, 15) is 4.79 Å². The molecule has 156 valence electrons. The lowest BCUT2D eigenvalue weighted by Gasteiger charge is -2.04. The van der Waals surface area contributed by atoms with Crippen LogP contribution in [0.4, 0.5) is 0 Å². The van der Waals surface area contributed by atoms with Crippen LogP contribution in [0.5, 0.6) is 0 Å². The van der Waals surface area contributed by atoms with Crippen molar-refractivity contribution in [1.82, 2.24) is 25.4 Å². The van der Waals surface area contributed by atoms with Gasteiger partial charge in [-0.3, -0.25) is 9.89 Å². The molecule has 0 spiro atoms. The summed E-state index contributed by atoms with van der Waals surface area (Å²) < 4.78 is 1.86. The Morgan fingerprint density at radius 2 is 1.81 bits per heavy atom. The summed E-state index contributed by atoms with van der Waals surface area (Å²) in [5, 5.41) is 16.5. The van der Waals surface area contributed by atoms with Gasteiger partial charge in [0.15, 0.2) is 0 Å². The van der Waals surface area contributed by atoms with Crippen molar-refractivity contribution < 1.29 is 4.79 Å². The average Bonchev–Trinajstić information content (AvgIpc) is 3.35. The highest BCUT2D eigenvalue weighted by molar-refractivity contribution is 6.38. The summed E-state index contributed by atoms with van der Waals surface area (Å²) in [5.74, 6) is -0.441. The van der Waals surface area contributed by atoms with Crippen LogP contribution < -0.4 is 5.43 Å². The fourth-order valence-electron chi connectivity index (χ4n) is 3.25. The second kappa shape index (κ2) is 8.75. The third kappa shape index (κ3) is 4.23. The van der Waals surface area contributed by atoms with Gasteiger partial charge in [-0.15, -0.1) is 0 Å². The van der Waals surface area contributed by atoms with Gasteiger partial charge in [0, 0.05) is 11.1 Å². The quantitative estimate of drug-likeness (QED) is 0.331. The Morgan fingerprint density at radius 3 is 2.52 bits per heavy atom. The average molecular weight is 453 g/mol. The van der Waals surface area contributed by atoms with Crippen molar-refractivity contribution in [1.29, 1.82) is 0 Å².